The second kappa shape index (κ2) is 7.19. The molecule has 0 saturated heterocycles. The largest absolute Gasteiger partial charge is 0.502 e. The zero-order valence-corrected chi connectivity index (χ0v) is 12.2. The molecule has 0 aliphatic heterocycles. The highest BCUT2D eigenvalue weighted by Crippen LogP contribution is 2.28. The molecule has 0 amide bonds. The molecule has 0 unspecified atom stereocenters. The van der Waals surface area contributed by atoms with Crippen molar-refractivity contribution in [2.75, 3.05) is 5.32 Å². The highest BCUT2D eigenvalue weighted by atomic mass is 32.1. The minimum atomic E-state index is -0.660. The lowest BCUT2D eigenvalue weighted by Crippen LogP contribution is -2.23. The van der Waals surface area contributed by atoms with E-state index >= 15 is 0 Å². The van der Waals surface area contributed by atoms with E-state index in [-0.39, 0.29) is 10.8 Å². The molecular weight excluding hydrogens is 302 g/mol. The number of nitrogens with one attached hydrogen (secondary N) is 2. The van der Waals surface area contributed by atoms with Gasteiger partial charge in [0.15, 0.2) is 10.9 Å². The maximum atomic E-state index is 10.7. The lowest BCUT2D eigenvalue weighted by molar-refractivity contribution is -0.385. The molecule has 0 saturated carbocycles. The van der Waals surface area contributed by atoms with E-state index in [9.17, 15) is 15.2 Å². The van der Waals surface area contributed by atoms with Crippen molar-refractivity contribution in [3.8, 4) is 5.75 Å². The highest BCUT2D eigenvalue weighted by molar-refractivity contribution is 7.80. The summed E-state index contributed by atoms with van der Waals surface area (Å²) in [6.07, 6.45) is 3.51. The number of nitro benzene ring substituents is 1. The smallest absolute Gasteiger partial charge is 0.312 e. The summed E-state index contributed by atoms with van der Waals surface area (Å²) in [5.74, 6) is -0.390. The topological polar surface area (TPSA) is 87.4 Å². The fraction of sp³-hybridized carbons (Fsp3) is 0. The van der Waals surface area contributed by atoms with Crippen LogP contribution in [0.1, 0.15) is 5.56 Å². The summed E-state index contributed by atoms with van der Waals surface area (Å²) >= 11 is 5.09. The molecule has 0 aromatic heterocycles. The Morgan fingerprint density at radius 2 is 1.95 bits per heavy atom. The molecule has 3 N–H and O–H groups in total. The molecule has 0 spiro atoms. The van der Waals surface area contributed by atoms with Crippen LogP contribution in [0.25, 0.3) is 6.08 Å². The van der Waals surface area contributed by atoms with Gasteiger partial charge in [-0.1, -0.05) is 30.3 Å². The Morgan fingerprint density at radius 1 is 1.23 bits per heavy atom. The van der Waals surface area contributed by atoms with Crippen molar-refractivity contribution in [2.24, 2.45) is 0 Å². The first-order chi connectivity index (χ1) is 10.6. The summed E-state index contributed by atoms with van der Waals surface area (Å²) in [5.41, 5.74) is 1.04. The molecule has 0 atom stereocenters. The number of rotatable bonds is 4. The Kier molecular flexibility index (Phi) is 5.05. The van der Waals surface area contributed by atoms with Gasteiger partial charge >= 0.3 is 5.69 Å². The van der Waals surface area contributed by atoms with E-state index in [1.54, 1.807) is 6.20 Å². The van der Waals surface area contributed by atoms with Gasteiger partial charge < -0.3 is 15.7 Å². The summed E-state index contributed by atoms with van der Waals surface area (Å²) in [6.45, 7) is 0. The van der Waals surface area contributed by atoms with Gasteiger partial charge in [0.2, 0.25) is 0 Å². The Balaban J connectivity index is 1.96. The van der Waals surface area contributed by atoms with Crippen molar-refractivity contribution in [1.82, 2.24) is 5.32 Å². The Hall–Kier alpha value is -2.93. The molecule has 2 aromatic rings. The number of hydrogen-bond donors (Lipinski definition) is 3. The van der Waals surface area contributed by atoms with Gasteiger partial charge in [0, 0.05) is 18.0 Å². The van der Waals surface area contributed by atoms with Gasteiger partial charge in [-0.3, -0.25) is 10.1 Å². The van der Waals surface area contributed by atoms with Gasteiger partial charge in [0.1, 0.15) is 0 Å². The van der Waals surface area contributed by atoms with Gasteiger partial charge in [0.25, 0.3) is 0 Å². The van der Waals surface area contributed by atoms with Crippen LogP contribution in [0, 0.1) is 10.1 Å². The van der Waals surface area contributed by atoms with E-state index in [0.717, 1.165) is 5.56 Å². The minimum absolute atomic E-state index is 0.284. The summed E-state index contributed by atoms with van der Waals surface area (Å²) in [4.78, 5) is 10.1. The Bertz CT molecular complexity index is 717. The summed E-state index contributed by atoms with van der Waals surface area (Å²) < 4.78 is 0. The standard InChI is InChI=1S/C15H13N3O3S/c19-14-7-6-12(10-13(14)18(20)21)17-15(22)16-9-8-11-4-2-1-3-5-11/h1-10,19H,(H2,16,17,22). The van der Waals surface area contributed by atoms with Crippen LogP contribution in [0.5, 0.6) is 5.75 Å². The zero-order chi connectivity index (χ0) is 15.9. The molecular formula is C15H13N3O3S. The third kappa shape index (κ3) is 4.29. The number of nitro groups is 1. The third-order valence-corrected chi connectivity index (χ3v) is 2.94. The SMILES string of the molecule is O=[N+]([O-])c1cc(NC(=S)NC=Cc2ccccc2)ccc1O. The van der Waals surface area contributed by atoms with Gasteiger partial charge in [-0.05, 0) is 36.0 Å². The predicted molar refractivity (Wildman–Crippen MR) is 89.6 cm³/mol. The molecule has 0 heterocycles. The molecule has 0 fully saturated rings. The van der Waals surface area contributed by atoms with Gasteiger partial charge in [0.05, 0.1) is 4.92 Å². The third-order valence-electron chi connectivity index (χ3n) is 2.72. The number of phenolic OH excluding ortho intramolecular Hbond substituents is 1. The van der Waals surface area contributed by atoms with Crippen LogP contribution in [0.15, 0.2) is 54.7 Å². The van der Waals surface area contributed by atoms with Crippen molar-refractivity contribution in [2.45, 2.75) is 0 Å². The maximum absolute atomic E-state index is 10.7. The number of anilines is 1. The Labute approximate surface area is 132 Å². The van der Waals surface area contributed by atoms with E-state index in [2.05, 4.69) is 10.6 Å². The highest BCUT2D eigenvalue weighted by Gasteiger charge is 2.13. The van der Waals surface area contributed by atoms with Crippen LogP contribution in [0.3, 0.4) is 0 Å². The number of aromatic hydroxyl groups is 1. The van der Waals surface area contributed by atoms with Gasteiger partial charge in [-0.2, -0.15) is 0 Å². The van der Waals surface area contributed by atoms with Crippen LogP contribution in [-0.2, 0) is 0 Å². The number of benzene rings is 2. The first-order valence-corrected chi connectivity index (χ1v) is 6.73. The van der Waals surface area contributed by atoms with Gasteiger partial charge in [-0.15, -0.1) is 0 Å². The average molecular weight is 315 g/mol. The van der Waals surface area contributed by atoms with E-state index in [1.165, 1.54) is 18.2 Å². The predicted octanol–water partition coefficient (Wildman–Crippen LogP) is 3.26. The van der Waals surface area contributed by atoms with Crippen molar-refractivity contribution >= 4 is 34.8 Å². The molecule has 0 radical (unpaired) electrons. The van der Waals surface area contributed by atoms with E-state index < -0.39 is 10.7 Å². The van der Waals surface area contributed by atoms with E-state index in [0.29, 0.717) is 5.69 Å². The Morgan fingerprint density at radius 3 is 2.64 bits per heavy atom. The first-order valence-electron chi connectivity index (χ1n) is 6.33. The van der Waals surface area contributed by atoms with Crippen LogP contribution >= 0.6 is 12.2 Å². The molecule has 7 heteroatoms. The summed E-state index contributed by atoms with van der Waals surface area (Å²) in [7, 11) is 0. The number of hydrogen-bond acceptors (Lipinski definition) is 4. The first kappa shape index (κ1) is 15.5. The van der Waals surface area contributed by atoms with Crippen molar-refractivity contribution in [1.29, 1.82) is 0 Å². The van der Waals surface area contributed by atoms with Crippen LogP contribution in [-0.4, -0.2) is 15.1 Å². The molecule has 22 heavy (non-hydrogen) atoms. The molecule has 2 rings (SSSR count). The second-order valence-corrected chi connectivity index (χ2v) is 4.71. The lowest BCUT2D eigenvalue weighted by Gasteiger charge is -2.07. The fourth-order valence-corrected chi connectivity index (χ4v) is 1.88. The molecule has 0 aliphatic carbocycles. The number of thiocarbonyl (C=S) groups is 1. The van der Waals surface area contributed by atoms with Crippen LogP contribution < -0.4 is 10.6 Å². The molecule has 112 valence electrons. The fourth-order valence-electron chi connectivity index (χ4n) is 1.69. The average Bonchev–Trinajstić information content (AvgIpc) is 2.50. The quantitative estimate of drug-likeness (QED) is 0.347. The molecule has 0 bridgehead atoms. The van der Waals surface area contributed by atoms with Crippen LogP contribution in [0.2, 0.25) is 0 Å². The number of phenols is 1. The molecule has 2 aromatic carbocycles. The monoisotopic (exact) mass is 315 g/mol. The number of nitrogens with zero attached hydrogens (tertiary/aromatic N) is 1. The van der Waals surface area contributed by atoms with Crippen molar-refractivity contribution in [3.05, 3.63) is 70.4 Å². The zero-order valence-electron chi connectivity index (χ0n) is 11.4. The second-order valence-electron chi connectivity index (χ2n) is 4.30. The van der Waals surface area contributed by atoms with E-state index in [4.69, 9.17) is 12.2 Å². The molecule has 0 aliphatic rings. The van der Waals surface area contributed by atoms with Crippen molar-refractivity contribution in [3.63, 3.8) is 0 Å². The minimum Gasteiger partial charge on any atom is -0.502 e. The lowest BCUT2D eigenvalue weighted by atomic mass is 10.2. The maximum Gasteiger partial charge on any atom is 0.312 e. The summed E-state index contributed by atoms with van der Waals surface area (Å²) in [5, 5.41) is 26.1. The van der Waals surface area contributed by atoms with E-state index in [1.807, 2.05) is 36.4 Å². The molecule has 6 nitrogen and oxygen atoms in total. The van der Waals surface area contributed by atoms with Crippen molar-refractivity contribution < 1.29 is 10.0 Å². The summed E-state index contributed by atoms with van der Waals surface area (Å²) in [6, 6.07) is 13.6. The normalized spacial score (nSPS) is 10.4. The van der Waals surface area contributed by atoms with Gasteiger partial charge in [-0.25, -0.2) is 0 Å². The van der Waals surface area contributed by atoms with Crippen LogP contribution in [0.4, 0.5) is 11.4 Å².